The van der Waals surface area contributed by atoms with Crippen molar-refractivity contribution in [3.63, 3.8) is 0 Å². The molecular weight excluding hydrogens is 230 g/mol. The molecule has 2 N–H and O–H groups in total. The van der Waals surface area contributed by atoms with Crippen molar-refractivity contribution in [1.29, 1.82) is 0 Å². The second-order valence-electron chi connectivity index (χ2n) is 6.14. The monoisotopic (exact) mass is 255 g/mol. The highest BCUT2D eigenvalue weighted by Gasteiger charge is 2.46. The smallest absolute Gasteiger partial charge is 0.232 e. The van der Waals surface area contributed by atoms with Gasteiger partial charge in [-0.3, -0.25) is 4.79 Å². The highest BCUT2D eigenvalue weighted by Crippen LogP contribution is 2.29. The molecule has 0 saturated carbocycles. The summed E-state index contributed by atoms with van der Waals surface area (Å²) < 4.78 is 5.35. The number of hydrogen-bond acceptors (Lipinski definition) is 4. The van der Waals surface area contributed by atoms with E-state index < -0.39 is 5.41 Å². The van der Waals surface area contributed by atoms with Crippen molar-refractivity contribution >= 4 is 5.91 Å². The number of ether oxygens (including phenoxy) is 1. The quantitative estimate of drug-likeness (QED) is 0.756. The third-order valence-corrected chi connectivity index (χ3v) is 4.37. The van der Waals surface area contributed by atoms with Crippen LogP contribution in [0, 0.1) is 11.3 Å². The summed E-state index contributed by atoms with van der Waals surface area (Å²) in [6, 6.07) is -0.182. The molecule has 0 aromatic carbocycles. The van der Waals surface area contributed by atoms with Crippen LogP contribution in [-0.2, 0) is 9.53 Å². The summed E-state index contributed by atoms with van der Waals surface area (Å²) in [5, 5.41) is 0. The van der Waals surface area contributed by atoms with Gasteiger partial charge >= 0.3 is 0 Å². The molecule has 2 aliphatic rings. The summed E-state index contributed by atoms with van der Waals surface area (Å²) in [7, 11) is 4.01. The van der Waals surface area contributed by atoms with Crippen molar-refractivity contribution in [2.45, 2.75) is 19.4 Å². The molecule has 0 bridgehead atoms. The average Bonchev–Trinajstić information content (AvgIpc) is 2.86. The zero-order valence-electron chi connectivity index (χ0n) is 11.7. The average molecular weight is 255 g/mol. The third kappa shape index (κ3) is 2.53. The Morgan fingerprint density at radius 1 is 1.61 bits per heavy atom. The lowest BCUT2D eigenvalue weighted by Crippen LogP contribution is -2.51. The van der Waals surface area contributed by atoms with Gasteiger partial charge in [-0.25, -0.2) is 0 Å². The van der Waals surface area contributed by atoms with Gasteiger partial charge in [-0.1, -0.05) is 0 Å². The Kier molecular flexibility index (Phi) is 3.94. The van der Waals surface area contributed by atoms with Crippen LogP contribution in [0.3, 0.4) is 0 Å². The number of likely N-dealkylation sites (tertiary alicyclic amines) is 1. The van der Waals surface area contributed by atoms with Crippen LogP contribution in [0.25, 0.3) is 0 Å². The Morgan fingerprint density at radius 2 is 2.33 bits per heavy atom. The SMILES string of the molecule is CN1CCC(CN(C)C(=O)C2(C)COCC2N)C1. The van der Waals surface area contributed by atoms with Gasteiger partial charge in [0.2, 0.25) is 5.91 Å². The van der Waals surface area contributed by atoms with Gasteiger partial charge in [0, 0.05) is 26.2 Å². The number of amides is 1. The molecule has 5 heteroatoms. The van der Waals surface area contributed by atoms with Crippen molar-refractivity contribution < 1.29 is 9.53 Å². The number of rotatable bonds is 3. The van der Waals surface area contributed by atoms with Crippen molar-refractivity contribution in [3.8, 4) is 0 Å². The molecule has 0 aromatic rings. The van der Waals surface area contributed by atoms with Gasteiger partial charge in [0.1, 0.15) is 0 Å². The molecule has 2 heterocycles. The van der Waals surface area contributed by atoms with Crippen molar-refractivity contribution in [2.24, 2.45) is 17.1 Å². The standard InChI is InChI=1S/C13H25N3O2/c1-13(9-18-8-11(13)14)12(17)16(3)7-10-4-5-15(2)6-10/h10-11H,4-9,14H2,1-3H3. The van der Waals surface area contributed by atoms with Crippen LogP contribution in [0.15, 0.2) is 0 Å². The molecule has 3 atom stereocenters. The van der Waals surface area contributed by atoms with E-state index in [9.17, 15) is 4.79 Å². The van der Waals surface area contributed by atoms with Gasteiger partial charge in [0.05, 0.1) is 18.6 Å². The van der Waals surface area contributed by atoms with E-state index >= 15 is 0 Å². The summed E-state index contributed by atoms with van der Waals surface area (Å²) in [5.41, 5.74) is 5.46. The summed E-state index contributed by atoms with van der Waals surface area (Å²) in [5.74, 6) is 0.716. The van der Waals surface area contributed by atoms with Gasteiger partial charge in [0.25, 0.3) is 0 Å². The van der Waals surface area contributed by atoms with E-state index in [4.69, 9.17) is 10.5 Å². The van der Waals surface area contributed by atoms with Gasteiger partial charge in [0.15, 0.2) is 0 Å². The molecule has 2 saturated heterocycles. The van der Waals surface area contributed by atoms with Crippen LogP contribution < -0.4 is 5.73 Å². The number of carbonyl (C=O) groups is 1. The Morgan fingerprint density at radius 3 is 2.83 bits per heavy atom. The van der Waals surface area contributed by atoms with Gasteiger partial charge in [-0.2, -0.15) is 0 Å². The minimum absolute atomic E-state index is 0.127. The van der Waals surface area contributed by atoms with Crippen molar-refractivity contribution in [3.05, 3.63) is 0 Å². The van der Waals surface area contributed by atoms with Crippen molar-refractivity contribution in [2.75, 3.05) is 46.9 Å². The normalized spacial score (nSPS) is 37.1. The van der Waals surface area contributed by atoms with Gasteiger partial charge in [-0.05, 0) is 32.9 Å². The second kappa shape index (κ2) is 5.15. The molecule has 0 radical (unpaired) electrons. The molecule has 2 fully saturated rings. The lowest BCUT2D eigenvalue weighted by molar-refractivity contribution is -0.140. The summed E-state index contributed by atoms with van der Waals surface area (Å²) in [4.78, 5) is 16.7. The fourth-order valence-corrected chi connectivity index (χ4v) is 2.99. The molecule has 2 aliphatic heterocycles. The zero-order valence-corrected chi connectivity index (χ0v) is 11.7. The van der Waals surface area contributed by atoms with Crippen molar-refractivity contribution in [1.82, 2.24) is 9.80 Å². The van der Waals surface area contributed by atoms with Crippen LogP contribution in [0.5, 0.6) is 0 Å². The van der Waals surface area contributed by atoms with Crippen LogP contribution >= 0.6 is 0 Å². The first-order valence-electron chi connectivity index (χ1n) is 6.71. The Hall–Kier alpha value is -0.650. The minimum atomic E-state index is -0.542. The first-order valence-corrected chi connectivity index (χ1v) is 6.71. The first kappa shape index (κ1) is 13.8. The molecule has 3 unspecified atom stereocenters. The maximum absolute atomic E-state index is 12.5. The Labute approximate surface area is 109 Å². The molecule has 18 heavy (non-hydrogen) atoms. The maximum Gasteiger partial charge on any atom is 0.232 e. The Balaban J connectivity index is 1.92. The lowest BCUT2D eigenvalue weighted by atomic mass is 9.84. The van der Waals surface area contributed by atoms with Gasteiger partial charge in [-0.15, -0.1) is 0 Å². The molecule has 104 valence electrons. The first-order chi connectivity index (χ1) is 8.43. The minimum Gasteiger partial charge on any atom is -0.379 e. The van der Waals surface area contributed by atoms with Crippen LogP contribution in [-0.4, -0.2) is 68.7 Å². The lowest BCUT2D eigenvalue weighted by Gasteiger charge is -2.32. The predicted molar refractivity (Wildman–Crippen MR) is 70.1 cm³/mol. The second-order valence-corrected chi connectivity index (χ2v) is 6.14. The maximum atomic E-state index is 12.5. The molecular formula is C13H25N3O2. The van der Waals surface area contributed by atoms with E-state index in [1.165, 1.54) is 6.42 Å². The van der Waals surface area contributed by atoms with Crippen LogP contribution in [0.1, 0.15) is 13.3 Å². The predicted octanol–water partition coefficient (Wildman–Crippen LogP) is -0.240. The highest BCUT2D eigenvalue weighted by molar-refractivity contribution is 5.83. The topological polar surface area (TPSA) is 58.8 Å². The van der Waals surface area contributed by atoms with Crippen LogP contribution in [0.2, 0.25) is 0 Å². The van der Waals surface area contributed by atoms with Crippen LogP contribution in [0.4, 0.5) is 0 Å². The fourth-order valence-electron chi connectivity index (χ4n) is 2.99. The zero-order chi connectivity index (χ0) is 13.3. The van der Waals surface area contributed by atoms with E-state index in [0.717, 1.165) is 19.6 Å². The molecule has 1 amide bonds. The van der Waals surface area contributed by atoms with E-state index in [-0.39, 0.29) is 11.9 Å². The Bertz CT molecular complexity index is 323. The fraction of sp³-hybridized carbons (Fsp3) is 0.923. The third-order valence-electron chi connectivity index (χ3n) is 4.37. The number of carbonyl (C=O) groups excluding carboxylic acids is 1. The summed E-state index contributed by atoms with van der Waals surface area (Å²) in [6.07, 6.45) is 1.17. The highest BCUT2D eigenvalue weighted by atomic mass is 16.5. The molecule has 0 aliphatic carbocycles. The van der Waals surface area contributed by atoms with E-state index in [1.54, 1.807) is 0 Å². The summed E-state index contributed by atoms with van der Waals surface area (Å²) in [6.45, 7) is 5.89. The molecule has 2 rings (SSSR count). The number of nitrogens with two attached hydrogens (primary N) is 1. The molecule has 0 aromatic heterocycles. The van der Waals surface area contributed by atoms with E-state index in [2.05, 4.69) is 11.9 Å². The molecule has 5 nitrogen and oxygen atoms in total. The van der Waals surface area contributed by atoms with Gasteiger partial charge < -0.3 is 20.3 Å². The number of hydrogen-bond donors (Lipinski definition) is 1. The largest absolute Gasteiger partial charge is 0.379 e. The summed E-state index contributed by atoms with van der Waals surface area (Å²) >= 11 is 0. The van der Waals surface area contributed by atoms with E-state index in [0.29, 0.717) is 19.1 Å². The number of nitrogens with zero attached hydrogens (tertiary/aromatic N) is 2. The molecule has 0 spiro atoms. The van der Waals surface area contributed by atoms with E-state index in [1.807, 2.05) is 18.9 Å².